The van der Waals surface area contributed by atoms with E-state index in [2.05, 4.69) is 30.4 Å². The first-order valence-corrected chi connectivity index (χ1v) is 6.34. The minimum Gasteiger partial charge on any atom is -0.396 e. The highest BCUT2D eigenvalue weighted by Crippen LogP contribution is 2.33. The second-order valence-corrected chi connectivity index (χ2v) is 4.63. The minimum absolute atomic E-state index is 0.175. The third kappa shape index (κ3) is 2.51. The van der Waals surface area contributed by atoms with E-state index in [1.54, 1.807) is 0 Å². The Morgan fingerprint density at radius 2 is 2.24 bits per heavy atom. The highest BCUT2D eigenvalue weighted by molar-refractivity contribution is 5.35. The molecule has 0 radical (unpaired) electrons. The average molecular weight is 235 g/mol. The van der Waals surface area contributed by atoms with Crippen molar-refractivity contribution in [1.82, 2.24) is 5.32 Å². The molecule has 2 N–H and O–H groups in total. The number of fused-ring (bicyclic) bond motifs is 1. The van der Waals surface area contributed by atoms with Gasteiger partial charge in [0.2, 0.25) is 0 Å². The molecule has 1 aliphatic rings. The van der Waals surface area contributed by atoms with Crippen LogP contribution in [-0.2, 0) is 16.9 Å². The number of aliphatic hydroxyl groups excluding tert-OH is 1. The van der Waals surface area contributed by atoms with Crippen LogP contribution in [0.1, 0.15) is 30.9 Å². The Bertz CT molecular complexity index is 367. The van der Waals surface area contributed by atoms with Crippen molar-refractivity contribution in [3.8, 4) is 0 Å². The van der Waals surface area contributed by atoms with Crippen molar-refractivity contribution in [3.63, 3.8) is 0 Å². The van der Waals surface area contributed by atoms with E-state index in [0.29, 0.717) is 19.6 Å². The first kappa shape index (κ1) is 12.6. The van der Waals surface area contributed by atoms with Crippen molar-refractivity contribution in [3.05, 3.63) is 35.4 Å². The van der Waals surface area contributed by atoms with Gasteiger partial charge in [0.05, 0.1) is 18.8 Å². The van der Waals surface area contributed by atoms with Gasteiger partial charge in [-0.2, -0.15) is 0 Å². The van der Waals surface area contributed by atoms with Gasteiger partial charge in [-0.1, -0.05) is 31.2 Å². The first-order valence-electron chi connectivity index (χ1n) is 6.34. The Balaban J connectivity index is 2.32. The van der Waals surface area contributed by atoms with E-state index < -0.39 is 0 Å². The Kier molecular flexibility index (Phi) is 4.15. The molecule has 0 aliphatic carbocycles. The molecule has 94 valence electrons. The van der Waals surface area contributed by atoms with Crippen LogP contribution in [0.4, 0.5) is 0 Å². The van der Waals surface area contributed by atoms with Gasteiger partial charge in [-0.25, -0.2) is 0 Å². The van der Waals surface area contributed by atoms with Crippen molar-refractivity contribution >= 4 is 0 Å². The van der Waals surface area contributed by atoms with Crippen molar-refractivity contribution < 1.29 is 9.84 Å². The summed E-state index contributed by atoms with van der Waals surface area (Å²) in [5.41, 5.74) is 2.31. The summed E-state index contributed by atoms with van der Waals surface area (Å²) in [6, 6.07) is 8.35. The van der Waals surface area contributed by atoms with Gasteiger partial charge in [0.15, 0.2) is 0 Å². The Morgan fingerprint density at radius 3 is 3.00 bits per heavy atom. The Hall–Kier alpha value is -0.900. The number of hydrogen-bond acceptors (Lipinski definition) is 3. The monoisotopic (exact) mass is 235 g/mol. The molecule has 1 unspecified atom stereocenters. The Morgan fingerprint density at radius 1 is 1.41 bits per heavy atom. The summed E-state index contributed by atoms with van der Waals surface area (Å²) in [4.78, 5) is 0. The maximum Gasteiger partial charge on any atom is 0.0721 e. The summed E-state index contributed by atoms with van der Waals surface area (Å²) >= 11 is 0. The smallest absolute Gasteiger partial charge is 0.0721 e. The Labute approximate surface area is 103 Å². The highest BCUT2D eigenvalue weighted by Gasteiger charge is 2.35. The molecule has 0 spiro atoms. The van der Waals surface area contributed by atoms with Crippen molar-refractivity contribution in [1.29, 1.82) is 0 Å². The molecule has 1 aromatic rings. The molecular formula is C14H21NO2. The lowest BCUT2D eigenvalue weighted by Crippen LogP contribution is -2.50. The second-order valence-electron chi connectivity index (χ2n) is 4.63. The fourth-order valence-electron chi connectivity index (χ4n) is 2.52. The van der Waals surface area contributed by atoms with E-state index in [-0.39, 0.29) is 12.1 Å². The predicted octanol–water partition coefficient (Wildman–Crippen LogP) is 1.79. The summed E-state index contributed by atoms with van der Waals surface area (Å²) in [6.07, 6.45) is 1.78. The summed E-state index contributed by atoms with van der Waals surface area (Å²) in [5, 5.41) is 12.9. The average Bonchev–Trinajstić information content (AvgIpc) is 2.37. The lowest BCUT2D eigenvalue weighted by molar-refractivity contribution is 0.0239. The maximum absolute atomic E-state index is 9.31. The number of benzene rings is 1. The molecule has 0 bridgehead atoms. The molecule has 1 aliphatic heterocycles. The lowest BCUT2D eigenvalue weighted by Gasteiger charge is -2.39. The third-order valence-corrected chi connectivity index (χ3v) is 3.39. The van der Waals surface area contributed by atoms with Crippen LogP contribution >= 0.6 is 0 Å². The molecule has 0 aromatic heterocycles. The van der Waals surface area contributed by atoms with Crippen LogP contribution in [0.25, 0.3) is 0 Å². The van der Waals surface area contributed by atoms with Crippen LogP contribution in [0.3, 0.4) is 0 Å². The normalized spacial score (nSPS) is 23.4. The van der Waals surface area contributed by atoms with E-state index in [4.69, 9.17) is 4.74 Å². The van der Waals surface area contributed by atoms with Crippen molar-refractivity contribution in [2.75, 3.05) is 19.8 Å². The van der Waals surface area contributed by atoms with E-state index in [1.807, 2.05) is 6.07 Å². The molecule has 0 amide bonds. The van der Waals surface area contributed by atoms with Crippen LogP contribution in [0.2, 0.25) is 0 Å². The van der Waals surface area contributed by atoms with Crippen LogP contribution in [0, 0.1) is 0 Å². The van der Waals surface area contributed by atoms with Crippen molar-refractivity contribution in [2.45, 2.75) is 31.9 Å². The number of ether oxygens (including phenoxy) is 1. The molecule has 0 saturated heterocycles. The summed E-state index contributed by atoms with van der Waals surface area (Å²) in [6.45, 7) is 4.59. The molecule has 1 atom stereocenters. The zero-order valence-corrected chi connectivity index (χ0v) is 10.4. The van der Waals surface area contributed by atoms with Gasteiger partial charge in [-0.3, -0.25) is 0 Å². The zero-order chi connectivity index (χ0) is 12.1. The van der Waals surface area contributed by atoms with Gasteiger partial charge < -0.3 is 15.2 Å². The van der Waals surface area contributed by atoms with Crippen LogP contribution in [0.15, 0.2) is 24.3 Å². The standard InChI is InChI=1S/C14H21NO2/c1-2-8-15-14(7-9-16)11-17-10-12-5-3-4-6-13(12)14/h3-6,15-16H,2,7-11H2,1H3. The highest BCUT2D eigenvalue weighted by atomic mass is 16.5. The molecular weight excluding hydrogens is 214 g/mol. The molecule has 3 heteroatoms. The van der Waals surface area contributed by atoms with Gasteiger partial charge in [0, 0.05) is 6.61 Å². The van der Waals surface area contributed by atoms with E-state index in [0.717, 1.165) is 13.0 Å². The molecule has 3 nitrogen and oxygen atoms in total. The number of aliphatic hydroxyl groups is 1. The topological polar surface area (TPSA) is 41.5 Å². The summed E-state index contributed by atoms with van der Waals surface area (Å²) < 4.78 is 5.69. The van der Waals surface area contributed by atoms with Gasteiger partial charge in [-0.15, -0.1) is 0 Å². The fourth-order valence-corrected chi connectivity index (χ4v) is 2.52. The summed E-state index contributed by atoms with van der Waals surface area (Å²) in [5.74, 6) is 0. The molecule has 1 heterocycles. The molecule has 0 fully saturated rings. The SMILES string of the molecule is CCCNC1(CCO)COCc2ccccc21. The molecule has 1 aromatic carbocycles. The molecule has 17 heavy (non-hydrogen) atoms. The van der Waals surface area contributed by atoms with Crippen LogP contribution in [0.5, 0.6) is 0 Å². The van der Waals surface area contributed by atoms with Gasteiger partial charge >= 0.3 is 0 Å². The molecule has 0 saturated carbocycles. The largest absolute Gasteiger partial charge is 0.396 e. The van der Waals surface area contributed by atoms with Crippen molar-refractivity contribution in [2.24, 2.45) is 0 Å². The number of hydrogen-bond donors (Lipinski definition) is 2. The van der Waals surface area contributed by atoms with Crippen LogP contribution < -0.4 is 5.32 Å². The van der Waals surface area contributed by atoms with Crippen LogP contribution in [-0.4, -0.2) is 24.9 Å². The van der Waals surface area contributed by atoms with E-state index in [1.165, 1.54) is 11.1 Å². The fraction of sp³-hybridized carbons (Fsp3) is 0.571. The minimum atomic E-state index is -0.209. The quantitative estimate of drug-likeness (QED) is 0.817. The van der Waals surface area contributed by atoms with E-state index >= 15 is 0 Å². The number of rotatable bonds is 5. The predicted molar refractivity (Wildman–Crippen MR) is 67.8 cm³/mol. The second kappa shape index (κ2) is 5.63. The van der Waals surface area contributed by atoms with Gasteiger partial charge in [0.1, 0.15) is 0 Å². The maximum atomic E-state index is 9.31. The zero-order valence-electron chi connectivity index (χ0n) is 10.4. The third-order valence-electron chi connectivity index (χ3n) is 3.39. The number of nitrogens with one attached hydrogen (secondary N) is 1. The lowest BCUT2D eigenvalue weighted by atomic mass is 9.83. The summed E-state index contributed by atoms with van der Waals surface area (Å²) in [7, 11) is 0. The first-order chi connectivity index (χ1) is 8.32. The molecule has 2 rings (SSSR count). The van der Waals surface area contributed by atoms with Gasteiger partial charge in [-0.05, 0) is 30.5 Å². The van der Waals surface area contributed by atoms with E-state index in [9.17, 15) is 5.11 Å². The van der Waals surface area contributed by atoms with Gasteiger partial charge in [0.25, 0.3) is 0 Å².